The molecule has 0 aliphatic heterocycles. The van der Waals surface area contributed by atoms with Crippen molar-refractivity contribution in [3.63, 3.8) is 0 Å². The molecule has 120 valence electrons. The average molecular weight is 294 g/mol. The average Bonchev–Trinajstić information content (AvgIpc) is 3.04. The Kier molecular flexibility index (Phi) is 4.17. The summed E-state index contributed by atoms with van der Waals surface area (Å²) in [7, 11) is 0. The van der Waals surface area contributed by atoms with Gasteiger partial charge < -0.3 is 15.4 Å². The molecule has 0 aromatic rings. The third-order valence-electron chi connectivity index (χ3n) is 5.08. The molecule has 3 saturated carbocycles. The molecule has 0 aromatic carbocycles. The summed E-state index contributed by atoms with van der Waals surface area (Å²) in [5.74, 6) is 1.66. The van der Waals surface area contributed by atoms with Crippen LogP contribution in [0.5, 0.6) is 0 Å². The number of hydrogen-bond acceptors (Lipinski definition) is 3. The van der Waals surface area contributed by atoms with Crippen LogP contribution in [0.4, 0.5) is 4.79 Å². The molecule has 0 radical (unpaired) electrons. The van der Waals surface area contributed by atoms with Crippen molar-refractivity contribution in [3.05, 3.63) is 0 Å². The summed E-state index contributed by atoms with van der Waals surface area (Å²) in [4.78, 5) is 11.9. The van der Waals surface area contributed by atoms with E-state index in [1.807, 2.05) is 20.8 Å². The Bertz CT molecular complexity index is 387. The molecule has 3 fully saturated rings. The minimum atomic E-state index is -0.409. The first-order chi connectivity index (χ1) is 9.89. The van der Waals surface area contributed by atoms with Crippen LogP contribution in [0.15, 0.2) is 0 Å². The number of carbonyl (C=O) groups is 1. The maximum Gasteiger partial charge on any atom is 0.407 e. The van der Waals surface area contributed by atoms with Crippen LogP contribution < -0.4 is 10.6 Å². The van der Waals surface area contributed by atoms with Crippen LogP contribution in [0.2, 0.25) is 0 Å². The van der Waals surface area contributed by atoms with Crippen molar-refractivity contribution in [2.24, 2.45) is 11.8 Å². The summed E-state index contributed by atoms with van der Waals surface area (Å²) in [6, 6.07) is 1.85. The highest BCUT2D eigenvalue weighted by Gasteiger charge is 2.40. The van der Waals surface area contributed by atoms with E-state index in [0.717, 1.165) is 36.8 Å². The molecule has 0 aromatic heterocycles. The van der Waals surface area contributed by atoms with Crippen molar-refractivity contribution in [1.82, 2.24) is 10.6 Å². The van der Waals surface area contributed by atoms with Crippen LogP contribution in [0, 0.1) is 11.8 Å². The molecule has 21 heavy (non-hydrogen) atoms. The van der Waals surface area contributed by atoms with E-state index >= 15 is 0 Å². The zero-order valence-electron chi connectivity index (χ0n) is 13.7. The summed E-state index contributed by atoms with van der Waals surface area (Å²) >= 11 is 0. The van der Waals surface area contributed by atoms with Crippen molar-refractivity contribution in [3.8, 4) is 0 Å². The molecular formula is C17H30N2O2. The van der Waals surface area contributed by atoms with Gasteiger partial charge in [-0.1, -0.05) is 0 Å². The van der Waals surface area contributed by atoms with Crippen LogP contribution in [0.3, 0.4) is 0 Å². The molecule has 2 N–H and O–H groups in total. The van der Waals surface area contributed by atoms with Crippen molar-refractivity contribution < 1.29 is 9.53 Å². The largest absolute Gasteiger partial charge is 0.444 e. The van der Waals surface area contributed by atoms with Gasteiger partial charge in [-0.3, -0.25) is 0 Å². The molecule has 3 aliphatic carbocycles. The van der Waals surface area contributed by atoms with E-state index in [9.17, 15) is 4.79 Å². The lowest BCUT2D eigenvalue weighted by Gasteiger charge is -2.32. The molecule has 4 atom stereocenters. The summed E-state index contributed by atoms with van der Waals surface area (Å²) in [6.45, 7) is 5.73. The summed E-state index contributed by atoms with van der Waals surface area (Å²) in [6.07, 6.45) is 8.63. The lowest BCUT2D eigenvalue weighted by atomic mass is 9.79. The first kappa shape index (κ1) is 15.1. The standard InChI is InChI=1S/C17H30N2O2/c1-17(2,3)21-16(20)19-14-5-4-11-8-15(10-12(11)9-14)18-13-6-7-13/h11-15,18H,4-10H2,1-3H3,(H,19,20)/t11?,12?,14?,15-/m0/s1. The molecule has 4 nitrogen and oxygen atoms in total. The quantitative estimate of drug-likeness (QED) is 0.840. The van der Waals surface area contributed by atoms with Crippen molar-refractivity contribution >= 4 is 6.09 Å². The van der Waals surface area contributed by atoms with Crippen LogP contribution in [0.25, 0.3) is 0 Å². The second kappa shape index (κ2) is 5.79. The SMILES string of the molecule is CC(C)(C)OC(=O)NC1CCC2C[C@H](NC3CC3)CC2C1. The Labute approximate surface area is 128 Å². The first-order valence-electron chi connectivity index (χ1n) is 8.64. The molecule has 3 aliphatic rings. The maximum atomic E-state index is 11.9. The maximum absolute atomic E-state index is 11.9. The molecule has 3 rings (SSSR count). The van der Waals surface area contributed by atoms with Gasteiger partial charge in [0.25, 0.3) is 0 Å². The van der Waals surface area contributed by atoms with Crippen LogP contribution >= 0.6 is 0 Å². The van der Waals surface area contributed by atoms with Gasteiger partial charge in [0.15, 0.2) is 0 Å². The fraction of sp³-hybridized carbons (Fsp3) is 0.941. The number of hydrogen-bond donors (Lipinski definition) is 2. The van der Waals surface area contributed by atoms with Crippen molar-refractivity contribution in [1.29, 1.82) is 0 Å². The van der Waals surface area contributed by atoms with Gasteiger partial charge in [-0.2, -0.15) is 0 Å². The predicted molar refractivity (Wildman–Crippen MR) is 83.2 cm³/mol. The minimum absolute atomic E-state index is 0.253. The number of rotatable bonds is 3. The lowest BCUT2D eigenvalue weighted by Crippen LogP contribution is -2.42. The molecule has 1 amide bonds. The van der Waals surface area contributed by atoms with Gasteiger partial charge in [0, 0.05) is 18.1 Å². The van der Waals surface area contributed by atoms with Gasteiger partial charge in [-0.05, 0) is 77.6 Å². The highest BCUT2D eigenvalue weighted by Crippen LogP contribution is 2.43. The third kappa shape index (κ3) is 4.35. The normalized spacial score (nSPS) is 36.1. The van der Waals surface area contributed by atoms with Crippen molar-refractivity contribution in [2.45, 2.75) is 89.4 Å². The highest BCUT2D eigenvalue weighted by molar-refractivity contribution is 5.68. The molecule has 3 unspecified atom stereocenters. The molecule has 0 spiro atoms. The molecule has 0 saturated heterocycles. The number of amides is 1. The van der Waals surface area contributed by atoms with Gasteiger partial charge in [0.2, 0.25) is 0 Å². The molecule has 0 bridgehead atoms. The number of ether oxygens (including phenoxy) is 1. The summed E-state index contributed by atoms with van der Waals surface area (Å²) in [5.41, 5.74) is -0.409. The van der Waals surface area contributed by atoms with E-state index in [1.165, 1.54) is 32.1 Å². The zero-order valence-corrected chi connectivity index (χ0v) is 13.7. The van der Waals surface area contributed by atoms with Gasteiger partial charge in [-0.25, -0.2) is 4.79 Å². The van der Waals surface area contributed by atoms with Crippen LogP contribution in [0.1, 0.15) is 65.7 Å². The fourth-order valence-electron chi connectivity index (χ4n) is 4.08. The third-order valence-corrected chi connectivity index (χ3v) is 5.08. The fourth-order valence-corrected chi connectivity index (χ4v) is 4.08. The van der Waals surface area contributed by atoms with E-state index in [1.54, 1.807) is 0 Å². The number of fused-ring (bicyclic) bond motifs is 1. The van der Waals surface area contributed by atoms with Crippen LogP contribution in [-0.2, 0) is 4.74 Å². The van der Waals surface area contributed by atoms with Gasteiger partial charge >= 0.3 is 6.09 Å². The van der Waals surface area contributed by atoms with Gasteiger partial charge in [0.1, 0.15) is 5.60 Å². The highest BCUT2D eigenvalue weighted by atomic mass is 16.6. The Balaban J connectivity index is 1.45. The minimum Gasteiger partial charge on any atom is -0.444 e. The van der Waals surface area contributed by atoms with Gasteiger partial charge in [-0.15, -0.1) is 0 Å². The first-order valence-corrected chi connectivity index (χ1v) is 8.64. The molecule has 0 heterocycles. The Morgan fingerprint density at radius 3 is 2.19 bits per heavy atom. The Morgan fingerprint density at radius 1 is 0.905 bits per heavy atom. The second-order valence-electron chi connectivity index (χ2n) is 8.29. The lowest BCUT2D eigenvalue weighted by molar-refractivity contribution is 0.0476. The van der Waals surface area contributed by atoms with E-state index in [2.05, 4.69) is 10.6 Å². The Hall–Kier alpha value is -0.770. The van der Waals surface area contributed by atoms with E-state index < -0.39 is 5.60 Å². The second-order valence-corrected chi connectivity index (χ2v) is 8.29. The topological polar surface area (TPSA) is 50.4 Å². The van der Waals surface area contributed by atoms with E-state index in [-0.39, 0.29) is 6.09 Å². The summed E-state index contributed by atoms with van der Waals surface area (Å²) in [5, 5.41) is 6.86. The monoisotopic (exact) mass is 294 g/mol. The molecule has 4 heteroatoms. The number of alkyl carbamates (subject to hydrolysis) is 1. The smallest absolute Gasteiger partial charge is 0.407 e. The van der Waals surface area contributed by atoms with E-state index in [4.69, 9.17) is 4.74 Å². The summed E-state index contributed by atoms with van der Waals surface area (Å²) < 4.78 is 5.37. The predicted octanol–water partition coefficient (Wildman–Crippen LogP) is 3.21. The number of carbonyl (C=O) groups excluding carboxylic acids is 1. The molecular weight excluding hydrogens is 264 g/mol. The van der Waals surface area contributed by atoms with Gasteiger partial charge in [0.05, 0.1) is 0 Å². The van der Waals surface area contributed by atoms with Crippen molar-refractivity contribution in [2.75, 3.05) is 0 Å². The Morgan fingerprint density at radius 2 is 1.52 bits per heavy atom. The van der Waals surface area contributed by atoms with E-state index in [0.29, 0.717) is 6.04 Å². The number of nitrogens with one attached hydrogen (secondary N) is 2. The van der Waals surface area contributed by atoms with Crippen LogP contribution in [-0.4, -0.2) is 29.8 Å². The zero-order chi connectivity index (χ0) is 15.0.